The first-order valence-corrected chi connectivity index (χ1v) is 13.3. The average Bonchev–Trinajstić information content (AvgIpc) is 3.25. The molecule has 0 aliphatic carbocycles. The van der Waals surface area contributed by atoms with Crippen molar-refractivity contribution >= 4 is 21.7 Å². The van der Waals surface area contributed by atoms with Gasteiger partial charge in [0.25, 0.3) is 0 Å². The summed E-state index contributed by atoms with van der Waals surface area (Å²) >= 11 is 0. The van der Waals surface area contributed by atoms with E-state index in [-0.39, 0.29) is 0 Å². The predicted octanol–water partition coefficient (Wildman–Crippen LogP) is 10.5. The third kappa shape index (κ3) is 4.05. The van der Waals surface area contributed by atoms with Crippen molar-refractivity contribution in [3.63, 3.8) is 0 Å². The molecule has 0 atom stereocenters. The van der Waals surface area contributed by atoms with Crippen LogP contribution in [-0.4, -0.2) is 0 Å². The molecule has 0 N–H and O–H groups in total. The van der Waals surface area contributed by atoms with Crippen molar-refractivity contribution < 1.29 is 4.42 Å². The molecule has 5 aromatic carbocycles. The highest BCUT2D eigenvalue weighted by Gasteiger charge is 2.17. The summed E-state index contributed by atoms with van der Waals surface area (Å²) < 4.78 is 6.48. The van der Waals surface area contributed by atoms with Crippen LogP contribution < -0.4 is 0 Å². The standard InChI is InChI=1S/C36H32O/c1-5-10-26-11-6-7-13-30(26)33-21-27(17-15-24(33)3)28-18-20-35-34(22-28)25(4)36(37-35)32-19-16-23(2)29-12-8-9-14-31(29)32/h6-9,11-22H,5,10H2,1-4H3. The Morgan fingerprint density at radius 1 is 0.568 bits per heavy atom. The molecule has 0 aliphatic rings. The fourth-order valence-electron chi connectivity index (χ4n) is 5.67. The van der Waals surface area contributed by atoms with E-state index >= 15 is 0 Å². The van der Waals surface area contributed by atoms with Crippen molar-refractivity contribution in [1.29, 1.82) is 0 Å². The van der Waals surface area contributed by atoms with Crippen molar-refractivity contribution in [3.05, 3.63) is 119 Å². The molecule has 0 amide bonds. The minimum Gasteiger partial charge on any atom is -0.456 e. The molecule has 0 radical (unpaired) electrons. The van der Waals surface area contributed by atoms with E-state index in [9.17, 15) is 0 Å². The number of aryl methyl sites for hydroxylation is 4. The fraction of sp³-hybridized carbons (Fsp3) is 0.167. The zero-order valence-corrected chi connectivity index (χ0v) is 22.1. The number of furan rings is 1. The second-order valence-corrected chi connectivity index (χ2v) is 10.2. The maximum Gasteiger partial charge on any atom is 0.138 e. The minimum absolute atomic E-state index is 0.932. The van der Waals surface area contributed by atoms with Crippen LogP contribution in [0.15, 0.2) is 101 Å². The van der Waals surface area contributed by atoms with E-state index in [2.05, 4.69) is 125 Å². The van der Waals surface area contributed by atoms with Gasteiger partial charge < -0.3 is 4.42 Å². The number of rotatable bonds is 5. The van der Waals surface area contributed by atoms with Crippen LogP contribution in [0.5, 0.6) is 0 Å². The summed E-state index contributed by atoms with van der Waals surface area (Å²) in [4.78, 5) is 0. The van der Waals surface area contributed by atoms with Crippen molar-refractivity contribution in [2.24, 2.45) is 0 Å². The van der Waals surface area contributed by atoms with Crippen LogP contribution in [0.4, 0.5) is 0 Å². The molecule has 0 saturated carbocycles. The fourth-order valence-corrected chi connectivity index (χ4v) is 5.67. The Kier molecular flexibility index (Phi) is 5.93. The van der Waals surface area contributed by atoms with Crippen LogP contribution in [0.25, 0.3) is 55.3 Å². The monoisotopic (exact) mass is 480 g/mol. The van der Waals surface area contributed by atoms with Gasteiger partial charge in [0, 0.05) is 16.5 Å². The maximum atomic E-state index is 6.48. The summed E-state index contributed by atoms with van der Waals surface area (Å²) in [5.74, 6) is 0.960. The molecule has 0 aliphatic heterocycles. The van der Waals surface area contributed by atoms with Crippen molar-refractivity contribution in [2.75, 3.05) is 0 Å². The summed E-state index contributed by atoms with van der Waals surface area (Å²) in [6, 6.07) is 35.3. The highest BCUT2D eigenvalue weighted by molar-refractivity contribution is 6.01. The molecule has 0 saturated heterocycles. The zero-order valence-electron chi connectivity index (χ0n) is 22.1. The lowest BCUT2D eigenvalue weighted by molar-refractivity contribution is 0.630. The molecule has 182 valence electrons. The van der Waals surface area contributed by atoms with E-state index in [0.717, 1.165) is 29.7 Å². The molecule has 6 aromatic rings. The smallest absolute Gasteiger partial charge is 0.138 e. The Balaban J connectivity index is 1.47. The molecular formula is C36H32O. The lowest BCUT2D eigenvalue weighted by Gasteiger charge is -2.14. The van der Waals surface area contributed by atoms with Crippen LogP contribution >= 0.6 is 0 Å². The van der Waals surface area contributed by atoms with Gasteiger partial charge in [-0.1, -0.05) is 92.2 Å². The van der Waals surface area contributed by atoms with Gasteiger partial charge >= 0.3 is 0 Å². The molecule has 0 fully saturated rings. The topological polar surface area (TPSA) is 13.1 Å². The third-order valence-corrected chi connectivity index (χ3v) is 7.72. The first-order valence-electron chi connectivity index (χ1n) is 13.3. The lowest BCUT2D eigenvalue weighted by Crippen LogP contribution is -1.92. The van der Waals surface area contributed by atoms with E-state index in [1.54, 1.807) is 0 Å². The molecule has 0 spiro atoms. The highest BCUT2D eigenvalue weighted by atomic mass is 16.3. The van der Waals surface area contributed by atoms with Crippen LogP contribution in [0.2, 0.25) is 0 Å². The Morgan fingerprint density at radius 3 is 2.11 bits per heavy atom. The Morgan fingerprint density at radius 2 is 1.27 bits per heavy atom. The van der Waals surface area contributed by atoms with E-state index in [1.807, 2.05) is 0 Å². The van der Waals surface area contributed by atoms with E-state index < -0.39 is 0 Å². The normalized spacial score (nSPS) is 11.5. The van der Waals surface area contributed by atoms with Gasteiger partial charge in [0.1, 0.15) is 11.3 Å². The van der Waals surface area contributed by atoms with Crippen molar-refractivity contribution in [1.82, 2.24) is 0 Å². The molecule has 0 bridgehead atoms. The second kappa shape index (κ2) is 9.41. The zero-order chi connectivity index (χ0) is 25.5. The molecular weight excluding hydrogens is 448 g/mol. The molecule has 37 heavy (non-hydrogen) atoms. The first-order chi connectivity index (χ1) is 18.0. The van der Waals surface area contributed by atoms with Crippen LogP contribution in [0.1, 0.15) is 35.6 Å². The van der Waals surface area contributed by atoms with Crippen LogP contribution in [-0.2, 0) is 6.42 Å². The van der Waals surface area contributed by atoms with E-state index in [1.165, 1.54) is 60.7 Å². The van der Waals surface area contributed by atoms with Gasteiger partial charge in [0.15, 0.2) is 0 Å². The summed E-state index contributed by atoms with van der Waals surface area (Å²) in [7, 11) is 0. The number of hydrogen-bond acceptors (Lipinski definition) is 1. The van der Waals surface area contributed by atoms with E-state index in [4.69, 9.17) is 4.42 Å². The van der Waals surface area contributed by atoms with Crippen LogP contribution in [0.3, 0.4) is 0 Å². The SMILES string of the molecule is CCCc1ccccc1-c1cc(-c2ccc3oc(-c4ccc(C)c5ccccc45)c(C)c3c2)ccc1C. The lowest BCUT2D eigenvalue weighted by atomic mass is 9.91. The molecule has 1 nitrogen and oxygen atoms in total. The molecule has 1 aromatic heterocycles. The van der Waals surface area contributed by atoms with E-state index in [0.29, 0.717) is 0 Å². The summed E-state index contributed by atoms with van der Waals surface area (Å²) in [5.41, 5.74) is 12.4. The second-order valence-electron chi connectivity index (χ2n) is 10.2. The van der Waals surface area contributed by atoms with Gasteiger partial charge in [-0.25, -0.2) is 0 Å². The maximum absolute atomic E-state index is 6.48. The summed E-state index contributed by atoms with van der Waals surface area (Å²) in [6.07, 6.45) is 2.24. The van der Waals surface area contributed by atoms with Gasteiger partial charge in [-0.15, -0.1) is 0 Å². The highest BCUT2D eigenvalue weighted by Crippen LogP contribution is 2.39. The predicted molar refractivity (Wildman–Crippen MR) is 158 cm³/mol. The molecule has 6 rings (SSSR count). The average molecular weight is 481 g/mol. The molecule has 0 unspecified atom stereocenters. The van der Waals surface area contributed by atoms with Gasteiger partial charge in [-0.3, -0.25) is 0 Å². The van der Waals surface area contributed by atoms with Gasteiger partial charge in [0.2, 0.25) is 0 Å². The summed E-state index contributed by atoms with van der Waals surface area (Å²) in [6.45, 7) is 8.81. The Hall–Kier alpha value is -4.10. The van der Waals surface area contributed by atoms with Crippen LogP contribution in [0, 0.1) is 20.8 Å². The van der Waals surface area contributed by atoms with Crippen molar-refractivity contribution in [2.45, 2.75) is 40.5 Å². The number of benzene rings is 5. The largest absolute Gasteiger partial charge is 0.456 e. The Bertz CT molecular complexity index is 1770. The third-order valence-electron chi connectivity index (χ3n) is 7.72. The van der Waals surface area contributed by atoms with Gasteiger partial charge in [-0.05, 0) is 95.1 Å². The Labute approximate surface area is 219 Å². The summed E-state index contributed by atoms with van der Waals surface area (Å²) in [5, 5.41) is 3.68. The first kappa shape index (κ1) is 23.3. The molecule has 1 heteroatoms. The quantitative estimate of drug-likeness (QED) is 0.239. The van der Waals surface area contributed by atoms with Gasteiger partial charge in [0.05, 0.1) is 0 Å². The number of hydrogen-bond donors (Lipinski definition) is 0. The van der Waals surface area contributed by atoms with Gasteiger partial charge in [-0.2, -0.15) is 0 Å². The minimum atomic E-state index is 0.932. The molecule has 1 heterocycles. The van der Waals surface area contributed by atoms with Crippen molar-refractivity contribution in [3.8, 4) is 33.6 Å². The number of fused-ring (bicyclic) bond motifs is 2.